The van der Waals surface area contributed by atoms with Gasteiger partial charge in [0.15, 0.2) is 0 Å². The number of rotatable bonds is 7. The Labute approximate surface area is 164 Å². The van der Waals surface area contributed by atoms with E-state index in [9.17, 15) is 4.79 Å². The maximum absolute atomic E-state index is 11.1. The minimum absolute atomic E-state index is 0. The first-order valence-corrected chi connectivity index (χ1v) is 9.02. The summed E-state index contributed by atoms with van der Waals surface area (Å²) in [5, 5.41) is 13.0. The summed E-state index contributed by atoms with van der Waals surface area (Å²) in [5.41, 5.74) is 2.34. The highest BCUT2D eigenvalue weighted by atomic mass is 35.5. The van der Waals surface area contributed by atoms with E-state index >= 15 is 0 Å². The summed E-state index contributed by atoms with van der Waals surface area (Å²) < 4.78 is 5.82. The van der Waals surface area contributed by atoms with Crippen molar-refractivity contribution in [1.29, 1.82) is 0 Å². The fourth-order valence-electron chi connectivity index (χ4n) is 3.06. The van der Waals surface area contributed by atoms with Crippen LogP contribution in [-0.2, 0) is 6.54 Å². The van der Waals surface area contributed by atoms with E-state index < -0.39 is 5.97 Å². The van der Waals surface area contributed by atoms with Gasteiger partial charge in [0.25, 0.3) is 0 Å². The van der Waals surface area contributed by atoms with Crippen molar-refractivity contribution >= 4 is 30.0 Å². The van der Waals surface area contributed by atoms with Crippen LogP contribution in [-0.4, -0.2) is 17.6 Å². The maximum Gasteiger partial charge on any atom is 0.335 e. The predicted molar refractivity (Wildman–Crippen MR) is 106 cm³/mol. The number of allylic oxidation sites excluding steroid dienone is 1. The molecule has 0 saturated carbocycles. The van der Waals surface area contributed by atoms with Gasteiger partial charge in [0.2, 0.25) is 0 Å². The van der Waals surface area contributed by atoms with E-state index in [1.165, 1.54) is 37.8 Å². The Bertz CT molecular complexity index is 783. The molecule has 1 heterocycles. The van der Waals surface area contributed by atoms with Crippen molar-refractivity contribution in [2.75, 3.05) is 6.54 Å². The molecule has 1 aliphatic carbocycles. The van der Waals surface area contributed by atoms with Crippen LogP contribution in [0.5, 0.6) is 0 Å². The summed E-state index contributed by atoms with van der Waals surface area (Å²) in [6, 6.07) is 8.33. The SMILES string of the molecule is Cl.O=C(O)c1ccc(Cl)c(-c2ccc(CNCCC3=CCCCC3)o2)c1. The molecule has 2 aromatic rings. The number of carboxylic acids is 1. The fraction of sp³-hybridized carbons (Fsp3) is 0.350. The lowest BCUT2D eigenvalue weighted by Crippen LogP contribution is -2.15. The molecule has 3 rings (SSSR count). The molecule has 6 heteroatoms. The predicted octanol–water partition coefficient (Wildman–Crippen LogP) is 5.70. The molecule has 1 aromatic heterocycles. The van der Waals surface area contributed by atoms with E-state index in [0.29, 0.717) is 22.9 Å². The molecule has 0 bridgehead atoms. The van der Waals surface area contributed by atoms with Crippen molar-refractivity contribution in [3.63, 3.8) is 0 Å². The summed E-state index contributed by atoms with van der Waals surface area (Å²) in [6.45, 7) is 1.57. The third-order valence-electron chi connectivity index (χ3n) is 4.45. The average molecular weight is 396 g/mol. The van der Waals surface area contributed by atoms with Crippen LogP contribution in [0.1, 0.15) is 48.2 Å². The van der Waals surface area contributed by atoms with Crippen molar-refractivity contribution in [2.24, 2.45) is 0 Å². The number of furan rings is 1. The Hall–Kier alpha value is -1.75. The summed E-state index contributed by atoms with van der Waals surface area (Å²) in [7, 11) is 0. The van der Waals surface area contributed by atoms with Gasteiger partial charge in [-0.3, -0.25) is 0 Å². The number of nitrogens with one attached hydrogen (secondary N) is 1. The Kier molecular flexibility index (Phi) is 7.76. The van der Waals surface area contributed by atoms with Crippen LogP contribution in [0.25, 0.3) is 11.3 Å². The second-order valence-electron chi connectivity index (χ2n) is 6.30. The highest BCUT2D eigenvalue weighted by Gasteiger charge is 2.12. The molecule has 140 valence electrons. The molecule has 0 spiro atoms. The molecule has 0 aliphatic heterocycles. The third kappa shape index (κ3) is 5.37. The lowest BCUT2D eigenvalue weighted by molar-refractivity contribution is 0.0697. The largest absolute Gasteiger partial charge is 0.478 e. The minimum atomic E-state index is -0.983. The fourth-order valence-corrected chi connectivity index (χ4v) is 3.27. The zero-order valence-corrected chi connectivity index (χ0v) is 16.0. The van der Waals surface area contributed by atoms with E-state index in [0.717, 1.165) is 18.7 Å². The molecule has 4 nitrogen and oxygen atoms in total. The van der Waals surface area contributed by atoms with Gasteiger partial charge in [-0.1, -0.05) is 23.3 Å². The highest BCUT2D eigenvalue weighted by Crippen LogP contribution is 2.30. The number of carboxylic acid groups (broad SMARTS) is 1. The van der Waals surface area contributed by atoms with E-state index in [2.05, 4.69) is 11.4 Å². The van der Waals surface area contributed by atoms with Crippen molar-refractivity contribution in [2.45, 2.75) is 38.6 Å². The van der Waals surface area contributed by atoms with Crippen LogP contribution < -0.4 is 5.32 Å². The van der Waals surface area contributed by atoms with Crippen molar-refractivity contribution in [3.8, 4) is 11.3 Å². The molecule has 1 aliphatic rings. The topological polar surface area (TPSA) is 62.5 Å². The highest BCUT2D eigenvalue weighted by molar-refractivity contribution is 6.33. The quantitative estimate of drug-likeness (QED) is 0.466. The Morgan fingerprint density at radius 1 is 1.23 bits per heavy atom. The molecule has 0 atom stereocenters. The number of aromatic carboxylic acids is 1. The third-order valence-corrected chi connectivity index (χ3v) is 4.78. The zero-order chi connectivity index (χ0) is 17.6. The molecule has 0 fully saturated rings. The summed E-state index contributed by atoms with van der Waals surface area (Å²) >= 11 is 6.18. The van der Waals surface area contributed by atoms with Crippen LogP contribution in [0.15, 0.2) is 46.4 Å². The maximum atomic E-state index is 11.1. The Balaban J connectivity index is 0.00000243. The van der Waals surface area contributed by atoms with Gasteiger partial charge in [0, 0.05) is 5.56 Å². The van der Waals surface area contributed by atoms with Crippen LogP contribution in [0.4, 0.5) is 0 Å². The Morgan fingerprint density at radius 3 is 2.81 bits per heavy atom. The first kappa shape index (κ1) is 20.6. The zero-order valence-electron chi connectivity index (χ0n) is 14.5. The lowest BCUT2D eigenvalue weighted by atomic mass is 9.97. The molecule has 0 saturated heterocycles. The van der Waals surface area contributed by atoms with Gasteiger partial charge < -0.3 is 14.8 Å². The first-order chi connectivity index (χ1) is 12.1. The number of halogens is 2. The van der Waals surface area contributed by atoms with Gasteiger partial charge in [-0.2, -0.15) is 0 Å². The van der Waals surface area contributed by atoms with E-state index in [-0.39, 0.29) is 18.0 Å². The monoisotopic (exact) mass is 395 g/mol. The summed E-state index contributed by atoms with van der Waals surface area (Å²) in [4.78, 5) is 11.1. The molecule has 0 amide bonds. The van der Waals surface area contributed by atoms with E-state index in [4.69, 9.17) is 21.1 Å². The molecule has 0 unspecified atom stereocenters. The molecule has 0 radical (unpaired) electrons. The number of hydrogen-bond acceptors (Lipinski definition) is 3. The molecule has 1 aromatic carbocycles. The standard InChI is InChI=1S/C20H22ClNO3.ClH/c21-18-8-6-15(20(23)24)12-17(18)19-9-7-16(25-19)13-22-11-10-14-4-2-1-3-5-14;/h4,6-9,12,22H,1-3,5,10-11,13H2,(H,23,24);1H. The van der Waals surface area contributed by atoms with Crippen LogP contribution in [0.3, 0.4) is 0 Å². The first-order valence-electron chi connectivity index (χ1n) is 8.64. The smallest absolute Gasteiger partial charge is 0.335 e. The van der Waals surface area contributed by atoms with Gasteiger partial charge in [-0.05, 0) is 69.0 Å². The van der Waals surface area contributed by atoms with Gasteiger partial charge >= 0.3 is 5.97 Å². The normalized spacial score (nSPS) is 13.8. The van der Waals surface area contributed by atoms with Crippen LogP contribution >= 0.6 is 24.0 Å². The Morgan fingerprint density at radius 2 is 2.08 bits per heavy atom. The van der Waals surface area contributed by atoms with Crippen molar-refractivity contribution < 1.29 is 14.3 Å². The van der Waals surface area contributed by atoms with Gasteiger partial charge in [-0.25, -0.2) is 4.79 Å². The number of hydrogen-bond donors (Lipinski definition) is 2. The van der Waals surface area contributed by atoms with Gasteiger partial charge in [0.1, 0.15) is 11.5 Å². The molecular weight excluding hydrogens is 373 g/mol. The van der Waals surface area contributed by atoms with E-state index in [1.807, 2.05) is 12.1 Å². The van der Waals surface area contributed by atoms with Crippen molar-refractivity contribution in [1.82, 2.24) is 5.32 Å². The molecule has 26 heavy (non-hydrogen) atoms. The minimum Gasteiger partial charge on any atom is -0.478 e. The van der Waals surface area contributed by atoms with Crippen molar-refractivity contribution in [3.05, 3.63) is 58.3 Å². The number of carbonyl (C=O) groups is 1. The number of benzene rings is 1. The second-order valence-corrected chi connectivity index (χ2v) is 6.71. The molecular formula is C20H23Cl2NO3. The van der Waals surface area contributed by atoms with E-state index in [1.54, 1.807) is 11.6 Å². The summed E-state index contributed by atoms with van der Waals surface area (Å²) in [5.74, 6) is 0.410. The van der Waals surface area contributed by atoms with Gasteiger partial charge in [0.05, 0.1) is 17.1 Å². The second kappa shape index (κ2) is 9.81. The summed E-state index contributed by atoms with van der Waals surface area (Å²) in [6.07, 6.45) is 8.52. The lowest BCUT2D eigenvalue weighted by Gasteiger charge is -2.12. The molecule has 2 N–H and O–H groups in total. The average Bonchev–Trinajstić information content (AvgIpc) is 3.08. The van der Waals surface area contributed by atoms with Crippen LogP contribution in [0.2, 0.25) is 5.02 Å². The van der Waals surface area contributed by atoms with Gasteiger partial charge in [-0.15, -0.1) is 12.4 Å². The van der Waals surface area contributed by atoms with Crippen LogP contribution in [0, 0.1) is 0 Å².